The van der Waals surface area contributed by atoms with Crippen molar-refractivity contribution in [3.63, 3.8) is 0 Å². The maximum absolute atomic E-state index is 13.4. The molecular weight excluding hydrogens is 353 g/mol. The largest absolute Gasteiger partial charge is 0.466 e. The van der Waals surface area contributed by atoms with Crippen molar-refractivity contribution in [1.29, 1.82) is 0 Å². The molecule has 28 heavy (non-hydrogen) atoms. The lowest BCUT2D eigenvalue weighted by molar-refractivity contribution is -0.908. The minimum Gasteiger partial charge on any atom is -0.466 e. The normalized spacial score (nSPS) is 28.5. The first-order chi connectivity index (χ1) is 13.7. The summed E-state index contributed by atoms with van der Waals surface area (Å²) in [5, 5.41) is 7.28. The topological polar surface area (TPSA) is 29.3 Å². The first-order valence-electron chi connectivity index (χ1n) is 10.4. The summed E-state index contributed by atoms with van der Waals surface area (Å²) in [6.07, 6.45) is 4.01. The van der Waals surface area contributed by atoms with Crippen molar-refractivity contribution in [3.8, 4) is 5.75 Å². The molecule has 5 heteroatoms. The number of hydrogen-bond donors (Lipinski definition) is 1. The molecule has 4 nitrogen and oxygen atoms in total. The average molecular weight is 380 g/mol. The molecule has 1 atom stereocenters. The van der Waals surface area contributed by atoms with Gasteiger partial charge in [0.05, 0.1) is 44.2 Å². The Bertz CT molecular complexity index is 887. The van der Waals surface area contributed by atoms with Gasteiger partial charge in [0.15, 0.2) is 0 Å². The molecule has 146 valence electrons. The SMILES string of the molecule is CCC[NH+]1CCC2(CC1)Oc1ccccc1[C@H]1CC(c3ccc(F)cc3)=NN12. The number of hydrazone groups is 1. The Labute approximate surface area is 165 Å². The van der Waals surface area contributed by atoms with Gasteiger partial charge in [0.25, 0.3) is 0 Å². The molecule has 1 saturated heterocycles. The van der Waals surface area contributed by atoms with E-state index in [1.54, 1.807) is 4.90 Å². The third kappa shape index (κ3) is 2.89. The zero-order valence-electron chi connectivity index (χ0n) is 16.3. The third-order valence-corrected chi connectivity index (χ3v) is 6.43. The van der Waals surface area contributed by atoms with Gasteiger partial charge in [0.2, 0.25) is 5.72 Å². The fourth-order valence-electron chi connectivity index (χ4n) is 4.97. The van der Waals surface area contributed by atoms with E-state index in [0.29, 0.717) is 0 Å². The lowest BCUT2D eigenvalue weighted by Crippen LogP contribution is -3.14. The van der Waals surface area contributed by atoms with Crippen LogP contribution < -0.4 is 9.64 Å². The first kappa shape index (κ1) is 17.7. The fourth-order valence-corrected chi connectivity index (χ4v) is 4.97. The van der Waals surface area contributed by atoms with Crippen molar-refractivity contribution in [2.75, 3.05) is 19.6 Å². The van der Waals surface area contributed by atoms with Gasteiger partial charge >= 0.3 is 0 Å². The molecule has 3 heterocycles. The summed E-state index contributed by atoms with van der Waals surface area (Å²) >= 11 is 0. The second-order valence-corrected chi connectivity index (χ2v) is 8.20. The van der Waals surface area contributed by atoms with Crippen molar-refractivity contribution >= 4 is 5.71 Å². The summed E-state index contributed by atoms with van der Waals surface area (Å²) in [5.41, 5.74) is 2.86. The molecule has 0 radical (unpaired) electrons. The van der Waals surface area contributed by atoms with Gasteiger partial charge in [-0.1, -0.05) is 37.3 Å². The summed E-state index contributed by atoms with van der Waals surface area (Å²) < 4.78 is 20.0. The van der Waals surface area contributed by atoms with Gasteiger partial charge in [-0.2, -0.15) is 5.10 Å². The predicted octanol–water partition coefficient (Wildman–Crippen LogP) is 3.15. The maximum atomic E-state index is 13.4. The van der Waals surface area contributed by atoms with E-state index in [2.05, 4.69) is 36.2 Å². The number of rotatable bonds is 3. The van der Waals surface area contributed by atoms with Gasteiger partial charge in [-0.3, -0.25) is 0 Å². The molecular formula is C23H27FN3O+. The van der Waals surface area contributed by atoms with Crippen molar-refractivity contribution in [1.82, 2.24) is 5.01 Å². The second-order valence-electron chi connectivity index (χ2n) is 8.20. The van der Waals surface area contributed by atoms with Crippen LogP contribution in [0.2, 0.25) is 0 Å². The Hall–Kier alpha value is -2.40. The van der Waals surface area contributed by atoms with Crippen LogP contribution in [0.15, 0.2) is 53.6 Å². The zero-order chi connectivity index (χ0) is 19.1. The summed E-state index contributed by atoms with van der Waals surface area (Å²) in [7, 11) is 0. The minimum absolute atomic E-state index is 0.192. The van der Waals surface area contributed by atoms with E-state index >= 15 is 0 Å². The molecule has 0 amide bonds. The number of fused-ring (bicyclic) bond motifs is 4. The highest BCUT2D eigenvalue weighted by molar-refractivity contribution is 6.01. The maximum Gasteiger partial charge on any atom is 0.208 e. The molecule has 1 N–H and O–H groups in total. The van der Waals surface area contributed by atoms with Crippen LogP contribution in [0, 0.1) is 5.82 Å². The molecule has 1 fully saturated rings. The minimum atomic E-state index is -0.363. The lowest BCUT2D eigenvalue weighted by atomic mass is 9.90. The van der Waals surface area contributed by atoms with E-state index in [1.165, 1.54) is 30.7 Å². The molecule has 0 unspecified atom stereocenters. The van der Waals surface area contributed by atoms with Gasteiger partial charge in [-0.15, -0.1) is 0 Å². The van der Waals surface area contributed by atoms with Crippen molar-refractivity contribution in [3.05, 3.63) is 65.5 Å². The molecule has 3 aliphatic rings. The number of para-hydroxylation sites is 1. The summed E-state index contributed by atoms with van der Waals surface area (Å²) in [4.78, 5) is 1.66. The van der Waals surface area contributed by atoms with Crippen molar-refractivity contribution in [2.45, 2.75) is 44.4 Å². The Kier molecular flexibility index (Phi) is 4.35. The highest BCUT2D eigenvalue weighted by atomic mass is 19.1. The standard InChI is InChI=1S/C23H26FN3O/c1-2-13-26-14-11-23(12-15-26)27-21(19-5-3-4-6-22(19)28-23)16-20(25-27)17-7-9-18(24)10-8-17/h3-10,21H,2,11-16H2,1H3/p+1/t21-/m1/s1. The Balaban J connectivity index is 1.51. The number of quaternary nitrogens is 1. The van der Waals surface area contributed by atoms with E-state index < -0.39 is 0 Å². The smallest absolute Gasteiger partial charge is 0.208 e. The summed E-state index contributed by atoms with van der Waals surface area (Å²) in [6, 6.07) is 15.3. The van der Waals surface area contributed by atoms with Gasteiger partial charge in [-0.05, 0) is 30.2 Å². The molecule has 0 aliphatic carbocycles. The molecule has 2 aromatic rings. The van der Waals surface area contributed by atoms with Crippen LogP contribution in [0.1, 0.15) is 49.8 Å². The van der Waals surface area contributed by atoms with E-state index in [0.717, 1.165) is 49.4 Å². The summed E-state index contributed by atoms with van der Waals surface area (Å²) in [6.45, 7) is 5.70. The van der Waals surface area contributed by atoms with E-state index in [1.807, 2.05) is 12.1 Å². The van der Waals surface area contributed by atoms with Crippen molar-refractivity contribution in [2.24, 2.45) is 5.10 Å². The lowest BCUT2D eigenvalue weighted by Gasteiger charge is -2.50. The number of nitrogens with one attached hydrogen (secondary N) is 1. The molecule has 3 aliphatic heterocycles. The Morgan fingerprint density at radius 2 is 1.89 bits per heavy atom. The van der Waals surface area contributed by atoms with Crippen molar-refractivity contribution < 1.29 is 14.0 Å². The van der Waals surface area contributed by atoms with Crippen LogP contribution >= 0.6 is 0 Å². The highest BCUT2D eigenvalue weighted by Gasteiger charge is 2.52. The molecule has 1 spiro atoms. The third-order valence-electron chi connectivity index (χ3n) is 6.43. The monoisotopic (exact) mass is 380 g/mol. The second kappa shape index (κ2) is 6.89. The number of halogens is 1. The van der Waals surface area contributed by atoms with E-state index in [-0.39, 0.29) is 17.6 Å². The van der Waals surface area contributed by atoms with Crippen LogP contribution in [-0.4, -0.2) is 36.1 Å². The molecule has 0 bridgehead atoms. The number of hydrogen-bond acceptors (Lipinski definition) is 3. The van der Waals surface area contributed by atoms with Crippen LogP contribution in [-0.2, 0) is 0 Å². The molecule has 2 aromatic carbocycles. The van der Waals surface area contributed by atoms with Gasteiger partial charge in [0, 0.05) is 12.0 Å². The fraction of sp³-hybridized carbons (Fsp3) is 0.435. The first-order valence-corrected chi connectivity index (χ1v) is 10.4. The van der Waals surface area contributed by atoms with Gasteiger partial charge in [0.1, 0.15) is 11.6 Å². The predicted molar refractivity (Wildman–Crippen MR) is 107 cm³/mol. The zero-order valence-corrected chi connectivity index (χ0v) is 16.3. The number of ether oxygens (including phenoxy) is 1. The van der Waals surface area contributed by atoms with Crippen LogP contribution in [0.3, 0.4) is 0 Å². The number of piperidine rings is 1. The van der Waals surface area contributed by atoms with Crippen LogP contribution in [0.5, 0.6) is 5.75 Å². The average Bonchev–Trinajstić information content (AvgIpc) is 3.17. The van der Waals surface area contributed by atoms with E-state index in [9.17, 15) is 4.39 Å². The quantitative estimate of drug-likeness (QED) is 0.886. The molecule has 5 rings (SSSR count). The molecule has 0 aromatic heterocycles. The van der Waals surface area contributed by atoms with Crippen LogP contribution in [0.25, 0.3) is 0 Å². The van der Waals surface area contributed by atoms with Crippen LogP contribution in [0.4, 0.5) is 4.39 Å². The summed E-state index contributed by atoms with van der Waals surface area (Å²) in [5.74, 6) is 0.787. The Morgan fingerprint density at radius 1 is 1.14 bits per heavy atom. The van der Waals surface area contributed by atoms with Gasteiger partial charge in [-0.25, -0.2) is 9.40 Å². The Morgan fingerprint density at radius 3 is 2.64 bits per heavy atom. The van der Waals surface area contributed by atoms with E-state index in [4.69, 9.17) is 9.84 Å². The number of nitrogens with zero attached hydrogens (tertiary/aromatic N) is 2. The number of benzene rings is 2. The number of likely N-dealkylation sites (tertiary alicyclic amines) is 1. The highest BCUT2D eigenvalue weighted by Crippen LogP contribution is 2.49. The van der Waals surface area contributed by atoms with Gasteiger partial charge < -0.3 is 9.64 Å². The molecule has 0 saturated carbocycles.